The van der Waals surface area contributed by atoms with Crippen LogP contribution in [0.4, 0.5) is 0 Å². The van der Waals surface area contributed by atoms with Gasteiger partial charge in [0.25, 0.3) is 7.82 Å². The Balaban J connectivity index is -0.0000000904. The Labute approximate surface area is 127 Å². The second kappa shape index (κ2) is 9.99. The Morgan fingerprint density at radius 2 is 1.06 bits per heavy atom. The van der Waals surface area contributed by atoms with Crippen LogP contribution in [0.15, 0.2) is 0 Å². The SMILES string of the molecule is O=P(O)(O)O.O=P([O-])([O-])OP(=O)([O-])O.[Mg+2].[Na+]. The van der Waals surface area contributed by atoms with Crippen LogP contribution < -0.4 is 44.2 Å². The van der Waals surface area contributed by atoms with E-state index in [2.05, 4.69) is 4.31 Å². The van der Waals surface area contributed by atoms with Crippen LogP contribution >= 0.6 is 23.5 Å². The van der Waals surface area contributed by atoms with Gasteiger partial charge in [0.2, 0.25) is 0 Å². The first kappa shape index (κ1) is 26.7. The molecule has 0 spiro atoms. The van der Waals surface area contributed by atoms with Crippen molar-refractivity contribution in [3.63, 3.8) is 0 Å². The molecule has 1 unspecified atom stereocenters. The molecule has 4 N–H and O–H groups in total. The van der Waals surface area contributed by atoms with Gasteiger partial charge in [0.05, 0.1) is 7.82 Å². The van der Waals surface area contributed by atoms with Gasteiger partial charge in [-0.05, 0) is 0 Å². The Morgan fingerprint density at radius 3 is 1.06 bits per heavy atom. The Kier molecular flexibility index (Phi) is 16.6. The summed E-state index contributed by atoms with van der Waals surface area (Å²) < 4.78 is 30.3. The molecule has 0 amide bonds. The molecule has 0 aromatic heterocycles. The van der Waals surface area contributed by atoms with Crippen molar-refractivity contribution in [1.29, 1.82) is 0 Å². The Bertz CT molecular complexity index is 264. The van der Waals surface area contributed by atoms with E-state index in [4.69, 9.17) is 24.1 Å². The van der Waals surface area contributed by atoms with Gasteiger partial charge in [0.15, 0.2) is 0 Å². The average molecular weight is 320 g/mol. The van der Waals surface area contributed by atoms with Crippen LogP contribution in [0, 0.1) is 0 Å². The van der Waals surface area contributed by atoms with E-state index in [1.807, 2.05) is 0 Å². The number of phosphoric acid groups is 3. The van der Waals surface area contributed by atoms with E-state index in [1.54, 1.807) is 0 Å². The zero-order valence-electron chi connectivity index (χ0n) is 7.70. The maximum Gasteiger partial charge on any atom is 2.00 e. The summed E-state index contributed by atoms with van der Waals surface area (Å²) >= 11 is 0. The van der Waals surface area contributed by atoms with E-state index in [9.17, 15) is 23.8 Å². The topological polar surface area (TPSA) is 211 Å². The van der Waals surface area contributed by atoms with Crippen LogP contribution in [-0.2, 0) is 18.0 Å². The summed E-state index contributed by atoms with van der Waals surface area (Å²) in [5.74, 6) is 0. The van der Waals surface area contributed by atoms with Crippen molar-refractivity contribution in [2.45, 2.75) is 0 Å². The molecule has 0 heterocycles. The summed E-state index contributed by atoms with van der Waals surface area (Å²) in [6.07, 6.45) is 0. The van der Waals surface area contributed by atoms with E-state index in [-0.39, 0.29) is 52.6 Å². The van der Waals surface area contributed by atoms with Crippen molar-refractivity contribution in [2.24, 2.45) is 0 Å². The molecule has 0 aliphatic rings. The van der Waals surface area contributed by atoms with Crippen LogP contribution in [0.5, 0.6) is 0 Å². The van der Waals surface area contributed by atoms with Gasteiger partial charge in [-0.3, -0.25) is 8.88 Å². The van der Waals surface area contributed by atoms with Crippen LogP contribution in [-0.4, -0.2) is 42.6 Å². The number of rotatable bonds is 2. The predicted molar refractivity (Wildman–Crippen MR) is 38.5 cm³/mol. The molecule has 88 valence electrons. The van der Waals surface area contributed by atoms with Crippen LogP contribution in [0.3, 0.4) is 0 Å². The summed E-state index contributed by atoms with van der Waals surface area (Å²) in [5, 5.41) is 0. The molecule has 0 saturated heterocycles. The number of hydrogen-bond acceptors (Lipinski definition) is 7. The summed E-state index contributed by atoms with van der Waals surface area (Å²) in [7, 11) is -15.7. The molecule has 0 aromatic rings. The minimum Gasteiger partial charge on any atom is -0.790 e. The molecule has 0 aromatic carbocycles. The first-order valence-electron chi connectivity index (χ1n) is 2.26. The minimum atomic E-state index is -5.61. The minimum absolute atomic E-state index is 0. The summed E-state index contributed by atoms with van der Waals surface area (Å²) in [5.41, 5.74) is 0. The molecule has 0 saturated carbocycles. The standard InChI is InChI=1S/Mg.Na.H4O7P2.H3O4P/c;;1-8(2,3)7-9(4,5)6;1-5(2,3)4/h;;(H2,1,2,3)(H2,4,5,6);(H3,1,2,3,4)/q+2;+1;;/p-3. The van der Waals surface area contributed by atoms with E-state index < -0.39 is 23.5 Å². The average Bonchev–Trinajstić information content (AvgIpc) is 1.42. The molecule has 0 aliphatic carbocycles. The van der Waals surface area contributed by atoms with Crippen LogP contribution in [0.25, 0.3) is 0 Å². The first-order chi connectivity index (χ1) is 5.71. The van der Waals surface area contributed by atoms with Gasteiger partial charge in [0.1, 0.15) is 0 Å². The summed E-state index contributed by atoms with van der Waals surface area (Å²) in [6, 6.07) is 0. The molecule has 0 radical (unpaired) electrons. The third-order valence-corrected chi connectivity index (χ3v) is 1.83. The molecule has 0 rings (SSSR count). The van der Waals surface area contributed by atoms with Crippen LogP contribution in [0.1, 0.15) is 0 Å². The van der Waals surface area contributed by atoms with Crippen molar-refractivity contribution in [3.8, 4) is 0 Å². The first-order valence-corrected chi connectivity index (χ1v) is 6.78. The molecular weight excluding hydrogens is 316 g/mol. The monoisotopic (exact) mass is 320 g/mol. The third-order valence-electron chi connectivity index (χ3n) is 0.203. The maximum absolute atomic E-state index is 9.44. The Hall–Kier alpha value is 2.14. The molecule has 0 fully saturated rings. The van der Waals surface area contributed by atoms with Crippen molar-refractivity contribution in [2.75, 3.05) is 0 Å². The maximum atomic E-state index is 9.44. The zero-order valence-corrected chi connectivity index (χ0v) is 13.8. The van der Waals surface area contributed by atoms with Gasteiger partial charge in [-0.1, -0.05) is 0 Å². The second-order valence-corrected chi connectivity index (χ2v) is 5.02. The van der Waals surface area contributed by atoms with Gasteiger partial charge < -0.3 is 38.8 Å². The molecular formula is H4MgNaO11P3. The zero-order chi connectivity index (χ0) is 12.2. The molecule has 0 aliphatic heterocycles. The van der Waals surface area contributed by atoms with E-state index in [1.165, 1.54) is 0 Å². The quantitative estimate of drug-likeness (QED) is 0.277. The van der Waals surface area contributed by atoms with E-state index in [0.29, 0.717) is 0 Å². The van der Waals surface area contributed by atoms with Crippen molar-refractivity contribution in [3.05, 3.63) is 0 Å². The van der Waals surface area contributed by atoms with Crippen molar-refractivity contribution in [1.82, 2.24) is 0 Å². The van der Waals surface area contributed by atoms with Crippen LogP contribution in [0.2, 0.25) is 0 Å². The van der Waals surface area contributed by atoms with Crippen molar-refractivity contribution < 1.29 is 81.8 Å². The van der Waals surface area contributed by atoms with Crippen molar-refractivity contribution >= 4 is 46.5 Å². The summed E-state index contributed by atoms with van der Waals surface area (Å²) in [6.45, 7) is 0. The Morgan fingerprint density at radius 1 is 0.875 bits per heavy atom. The second-order valence-electron chi connectivity index (χ2n) is 1.51. The summed E-state index contributed by atoms with van der Waals surface area (Å²) in [4.78, 5) is 57.3. The van der Waals surface area contributed by atoms with Gasteiger partial charge in [0, 0.05) is 0 Å². The normalized spacial score (nSPS) is 14.4. The fourth-order valence-electron chi connectivity index (χ4n) is 0.126. The molecule has 1 atom stereocenters. The fourth-order valence-corrected chi connectivity index (χ4v) is 1.14. The molecule has 0 bridgehead atoms. The van der Waals surface area contributed by atoms with Gasteiger partial charge in [-0.15, -0.1) is 0 Å². The molecule has 11 nitrogen and oxygen atoms in total. The van der Waals surface area contributed by atoms with Gasteiger partial charge in [-0.2, -0.15) is 0 Å². The van der Waals surface area contributed by atoms with E-state index >= 15 is 0 Å². The van der Waals surface area contributed by atoms with Gasteiger partial charge >= 0.3 is 60.4 Å². The smallest absolute Gasteiger partial charge is 0.790 e. The predicted octanol–water partition coefficient (Wildman–Crippen LogP) is -7.01. The largest absolute Gasteiger partial charge is 2.00 e. The van der Waals surface area contributed by atoms with Gasteiger partial charge in [-0.25, -0.2) is 4.57 Å². The van der Waals surface area contributed by atoms with E-state index in [0.717, 1.165) is 0 Å². The fraction of sp³-hybridized carbons (Fsp3) is 0. The molecule has 16 heteroatoms. The molecule has 16 heavy (non-hydrogen) atoms. The number of hydrogen-bond donors (Lipinski definition) is 4. The third kappa shape index (κ3) is 55.8.